The fraction of sp³-hybridized carbons (Fsp3) is 0.625. The summed E-state index contributed by atoms with van der Waals surface area (Å²) in [5.41, 5.74) is 1.27. The van der Waals surface area contributed by atoms with E-state index in [1.807, 2.05) is 13.1 Å². The molecule has 0 aromatic heterocycles. The third kappa shape index (κ3) is 3.63. The minimum atomic E-state index is 0.370. The van der Waals surface area contributed by atoms with Crippen molar-refractivity contribution in [3.05, 3.63) is 23.8 Å². The minimum Gasteiger partial charge on any atom is -0.489 e. The van der Waals surface area contributed by atoms with E-state index in [-0.39, 0.29) is 0 Å². The van der Waals surface area contributed by atoms with Crippen molar-refractivity contribution in [1.29, 1.82) is 0 Å². The maximum absolute atomic E-state index is 5.85. The van der Waals surface area contributed by atoms with E-state index in [2.05, 4.69) is 38.2 Å². The second-order valence-corrected chi connectivity index (χ2v) is 5.90. The van der Waals surface area contributed by atoms with Crippen LogP contribution in [0.2, 0.25) is 0 Å². The van der Waals surface area contributed by atoms with Crippen molar-refractivity contribution in [2.45, 2.75) is 33.2 Å². The highest BCUT2D eigenvalue weighted by atomic mass is 16.5. The van der Waals surface area contributed by atoms with E-state index in [4.69, 9.17) is 9.47 Å². The van der Waals surface area contributed by atoms with Gasteiger partial charge in [0.05, 0.1) is 13.2 Å². The first-order chi connectivity index (χ1) is 9.10. The Morgan fingerprint density at radius 3 is 2.53 bits per heavy atom. The summed E-state index contributed by atoms with van der Waals surface area (Å²) in [6, 6.07) is 6.67. The number of fused-ring (bicyclic) bond motifs is 1. The monoisotopic (exact) mass is 263 g/mol. The van der Waals surface area contributed by atoms with Crippen molar-refractivity contribution >= 4 is 0 Å². The predicted molar refractivity (Wildman–Crippen MR) is 77.9 cm³/mol. The summed E-state index contributed by atoms with van der Waals surface area (Å²) in [5, 5.41) is 3.38. The van der Waals surface area contributed by atoms with Crippen molar-refractivity contribution in [3.8, 4) is 11.5 Å². The molecule has 106 valence electrons. The maximum Gasteiger partial charge on any atom is 0.161 e. The molecule has 2 unspecified atom stereocenters. The Morgan fingerprint density at radius 1 is 1.21 bits per heavy atom. The molecule has 0 fully saturated rings. The first-order valence-corrected chi connectivity index (χ1v) is 7.17. The number of rotatable bonds is 4. The summed E-state index contributed by atoms with van der Waals surface area (Å²) in [7, 11) is 2.01. The maximum atomic E-state index is 5.85. The van der Waals surface area contributed by atoms with Crippen LogP contribution in [0.1, 0.15) is 38.8 Å². The number of benzene rings is 1. The first kappa shape index (κ1) is 14.2. The fourth-order valence-corrected chi connectivity index (χ4v) is 2.38. The lowest BCUT2D eigenvalue weighted by Gasteiger charge is -2.20. The Labute approximate surface area is 116 Å². The molecule has 0 saturated carbocycles. The van der Waals surface area contributed by atoms with Gasteiger partial charge in [-0.15, -0.1) is 0 Å². The summed E-state index contributed by atoms with van der Waals surface area (Å²) < 4.78 is 11.6. The molecule has 19 heavy (non-hydrogen) atoms. The van der Waals surface area contributed by atoms with Crippen molar-refractivity contribution < 1.29 is 9.47 Å². The van der Waals surface area contributed by atoms with Gasteiger partial charge in [0.25, 0.3) is 0 Å². The largest absolute Gasteiger partial charge is 0.489 e. The fourth-order valence-electron chi connectivity index (χ4n) is 2.38. The standard InChI is InChI=1S/C16H25NO2/c1-11(2)7-14(17-4)13-5-6-15-16(8-13)19-10-12(3)9-18-15/h5-6,8,11-12,14,17H,7,9-10H2,1-4H3. The van der Waals surface area contributed by atoms with Crippen LogP contribution in [0.5, 0.6) is 11.5 Å². The molecule has 2 rings (SSSR count). The summed E-state index contributed by atoms with van der Waals surface area (Å²) in [5.74, 6) is 2.85. The van der Waals surface area contributed by atoms with Gasteiger partial charge in [-0.05, 0) is 37.1 Å². The van der Waals surface area contributed by atoms with E-state index in [9.17, 15) is 0 Å². The van der Waals surface area contributed by atoms with Crippen molar-refractivity contribution in [3.63, 3.8) is 0 Å². The molecule has 1 aromatic rings. The van der Waals surface area contributed by atoms with Crippen LogP contribution >= 0.6 is 0 Å². The summed E-state index contributed by atoms with van der Waals surface area (Å²) in [6.45, 7) is 8.09. The van der Waals surface area contributed by atoms with E-state index in [0.717, 1.165) is 31.1 Å². The molecule has 1 aliphatic rings. The zero-order valence-corrected chi connectivity index (χ0v) is 12.4. The van der Waals surface area contributed by atoms with Crippen molar-refractivity contribution in [2.75, 3.05) is 20.3 Å². The first-order valence-electron chi connectivity index (χ1n) is 7.17. The van der Waals surface area contributed by atoms with Crippen LogP contribution in [0.3, 0.4) is 0 Å². The third-order valence-electron chi connectivity index (χ3n) is 3.47. The Morgan fingerprint density at radius 2 is 1.89 bits per heavy atom. The number of hydrogen-bond acceptors (Lipinski definition) is 3. The smallest absolute Gasteiger partial charge is 0.161 e. The molecule has 1 aromatic carbocycles. The second kappa shape index (κ2) is 6.29. The molecule has 3 heteroatoms. The second-order valence-electron chi connectivity index (χ2n) is 5.90. The van der Waals surface area contributed by atoms with Gasteiger partial charge in [0, 0.05) is 12.0 Å². The molecule has 1 heterocycles. The highest BCUT2D eigenvalue weighted by molar-refractivity contribution is 5.44. The number of hydrogen-bond donors (Lipinski definition) is 1. The molecule has 0 amide bonds. The molecular weight excluding hydrogens is 238 g/mol. The minimum absolute atomic E-state index is 0.370. The lowest BCUT2D eigenvalue weighted by atomic mass is 9.97. The van der Waals surface area contributed by atoms with Crippen molar-refractivity contribution in [2.24, 2.45) is 11.8 Å². The number of nitrogens with one attached hydrogen (secondary N) is 1. The Kier molecular flexibility index (Phi) is 4.70. The van der Waals surface area contributed by atoms with Crippen LogP contribution in [0, 0.1) is 11.8 Å². The SMILES string of the molecule is CNC(CC(C)C)c1ccc2c(c1)OCC(C)CO2. The highest BCUT2D eigenvalue weighted by Gasteiger charge is 2.18. The van der Waals surface area contributed by atoms with Crippen LogP contribution in [0.4, 0.5) is 0 Å². The van der Waals surface area contributed by atoms with E-state index in [1.165, 1.54) is 5.56 Å². The highest BCUT2D eigenvalue weighted by Crippen LogP contribution is 2.34. The number of ether oxygens (including phenoxy) is 2. The van der Waals surface area contributed by atoms with Gasteiger partial charge in [0.15, 0.2) is 11.5 Å². The van der Waals surface area contributed by atoms with Crippen molar-refractivity contribution in [1.82, 2.24) is 5.32 Å². The van der Waals surface area contributed by atoms with Gasteiger partial charge in [-0.1, -0.05) is 26.8 Å². The third-order valence-corrected chi connectivity index (χ3v) is 3.47. The topological polar surface area (TPSA) is 30.5 Å². The van der Waals surface area contributed by atoms with Crippen LogP contribution in [0.15, 0.2) is 18.2 Å². The van der Waals surface area contributed by atoms with Gasteiger partial charge in [0.2, 0.25) is 0 Å². The molecule has 0 spiro atoms. The molecule has 0 aliphatic carbocycles. The lowest BCUT2D eigenvalue weighted by Crippen LogP contribution is -2.18. The van der Waals surface area contributed by atoms with Gasteiger partial charge < -0.3 is 14.8 Å². The molecule has 3 nitrogen and oxygen atoms in total. The Hall–Kier alpha value is -1.22. The van der Waals surface area contributed by atoms with Gasteiger partial charge in [-0.3, -0.25) is 0 Å². The Bertz CT molecular complexity index is 417. The molecule has 2 atom stereocenters. The van der Waals surface area contributed by atoms with Crippen LogP contribution in [0.25, 0.3) is 0 Å². The van der Waals surface area contributed by atoms with E-state index >= 15 is 0 Å². The van der Waals surface area contributed by atoms with Crippen LogP contribution in [-0.4, -0.2) is 20.3 Å². The zero-order valence-electron chi connectivity index (χ0n) is 12.4. The van der Waals surface area contributed by atoms with E-state index in [1.54, 1.807) is 0 Å². The molecular formula is C16H25NO2. The summed E-state index contributed by atoms with van der Waals surface area (Å²) >= 11 is 0. The van der Waals surface area contributed by atoms with E-state index in [0.29, 0.717) is 17.9 Å². The molecule has 1 N–H and O–H groups in total. The quantitative estimate of drug-likeness (QED) is 0.903. The predicted octanol–water partition coefficient (Wildman–Crippen LogP) is 3.40. The van der Waals surface area contributed by atoms with Crippen LogP contribution < -0.4 is 14.8 Å². The molecule has 1 aliphatic heterocycles. The molecule has 0 saturated heterocycles. The Balaban J connectivity index is 2.20. The zero-order chi connectivity index (χ0) is 13.8. The molecule has 0 bridgehead atoms. The lowest BCUT2D eigenvalue weighted by molar-refractivity contribution is 0.228. The van der Waals surface area contributed by atoms with Gasteiger partial charge in [-0.25, -0.2) is 0 Å². The normalized spacial score (nSPS) is 20.2. The average Bonchev–Trinajstić information content (AvgIpc) is 2.58. The van der Waals surface area contributed by atoms with Crippen LogP contribution in [-0.2, 0) is 0 Å². The van der Waals surface area contributed by atoms with Gasteiger partial charge >= 0.3 is 0 Å². The summed E-state index contributed by atoms with van der Waals surface area (Å²) in [6.07, 6.45) is 1.12. The summed E-state index contributed by atoms with van der Waals surface area (Å²) in [4.78, 5) is 0. The van der Waals surface area contributed by atoms with Gasteiger partial charge in [0.1, 0.15) is 0 Å². The molecule has 0 radical (unpaired) electrons. The van der Waals surface area contributed by atoms with E-state index < -0.39 is 0 Å². The average molecular weight is 263 g/mol. The van der Waals surface area contributed by atoms with Gasteiger partial charge in [-0.2, -0.15) is 0 Å².